The zero-order valence-electron chi connectivity index (χ0n) is 13.3. The monoisotopic (exact) mass is 312 g/mol. The fourth-order valence-electron chi connectivity index (χ4n) is 1.92. The first-order chi connectivity index (χ1) is 11.2. The van der Waals surface area contributed by atoms with Gasteiger partial charge in [-0.2, -0.15) is 5.10 Å². The summed E-state index contributed by atoms with van der Waals surface area (Å²) in [7, 11) is 1.56. The first kappa shape index (κ1) is 16.5. The topological polar surface area (TPSA) is 59.9 Å². The number of hydrogen-bond acceptors (Lipinski definition) is 4. The Hall–Kier alpha value is -2.82. The van der Waals surface area contributed by atoms with Crippen molar-refractivity contribution in [1.29, 1.82) is 0 Å². The number of nitrogens with one attached hydrogen (secondary N) is 1. The van der Waals surface area contributed by atoms with Crippen LogP contribution in [-0.2, 0) is 0 Å². The van der Waals surface area contributed by atoms with Gasteiger partial charge in [-0.25, -0.2) is 5.43 Å². The summed E-state index contributed by atoms with van der Waals surface area (Å²) in [5, 5.41) is 4.00. The van der Waals surface area contributed by atoms with E-state index >= 15 is 0 Å². The Morgan fingerprint density at radius 2 is 2.04 bits per heavy atom. The molecule has 0 heterocycles. The van der Waals surface area contributed by atoms with E-state index in [1.165, 1.54) is 0 Å². The van der Waals surface area contributed by atoms with E-state index in [-0.39, 0.29) is 5.91 Å². The number of benzene rings is 2. The molecule has 0 spiro atoms. The molecule has 0 aliphatic carbocycles. The van der Waals surface area contributed by atoms with E-state index in [1.54, 1.807) is 37.6 Å². The minimum absolute atomic E-state index is 0.299. The van der Waals surface area contributed by atoms with Gasteiger partial charge in [0.05, 0.1) is 19.9 Å². The van der Waals surface area contributed by atoms with Gasteiger partial charge in [-0.3, -0.25) is 4.79 Å². The highest BCUT2D eigenvalue weighted by molar-refractivity contribution is 5.95. The van der Waals surface area contributed by atoms with Crippen LogP contribution >= 0.6 is 0 Å². The van der Waals surface area contributed by atoms with Gasteiger partial charge in [0.25, 0.3) is 5.91 Å². The summed E-state index contributed by atoms with van der Waals surface area (Å²) in [6.45, 7) is 2.69. The van der Waals surface area contributed by atoms with Crippen LogP contribution in [0, 0.1) is 0 Å². The Bertz CT molecular complexity index is 683. The minimum atomic E-state index is -0.299. The molecule has 0 radical (unpaired) electrons. The van der Waals surface area contributed by atoms with Crippen molar-refractivity contribution in [2.24, 2.45) is 5.10 Å². The number of ether oxygens (including phenoxy) is 2. The van der Waals surface area contributed by atoms with Crippen molar-refractivity contribution in [2.45, 2.75) is 13.3 Å². The third kappa shape index (κ3) is 4.85. The van der Waals surface area contributed by atoms with Gasteiger partial charge in [0.2, 0.25) is 0 Å². The number of hydrogen-bond donors (Lipinski definition) is 1. The van der Waals surface area contributed by atoms with Gasteiger partial charge in [0.1, 0.15) is 11.5 Å². The van der Waals surface area contributed by atoms with Crippen LogP contribution in [0.15, 0.2) is 53.6 Å². The highest BCUT2D eigenvalue weighted by Gasteiger charge is 2.05. The molecule has 120 valence electrons. The fourth-order valence-corrected chi connectivity index (χ4v) is 1.92. The molecule has 23 heavy (non-hydrogen) atoms. The van der Waals surface area contributed by atoms with Crippen molar-refractivity contribution in [3.8, 4) is 11.5 Å². The standard InChI is InChI=1S/C18H20N2O3/c1-3-11-23-17-10-5-4-7-15(17)13-19-20-18(21)14-8-6-9-16(12-14)22-2/h4-10,12-13H,3,11H2,1-2H3,(H,20,21)/b19-13+. The molecule has 0 saturated carbocycles. The number of para-hydroxylation sites is 1. The molecule has 0 aromatic heterocycles. The molecule has 0 saturated heterocycles. The molecular weight excluding hydrogens is 292 g/mol. The Morgan fingerprint density at radius 3 is 2.83 bits per heavy atom. The normalized spacial score (nSPS) is 10.5. The van der Waals surface area contributed by atoms with Crippen LogP contribution in [0.5, 0.6) is 11.5 Å². The number of hydrazone groups is 1. The molecule has 2 rings (SSSR count). The third-order valence-electron chi connectivity index (χ3n) is 3.08. The van der Waals surface area contributed by atoms with Crippen molar-refractivity contribution in [2.75, 3.05) is 13.7 Å². The fraction of sp³-hybridized carbons (Fsp3) is 0.222. The van der Waals surface area contributed by atoms with Crippen molar-refractivity contribution < 1.29 is 14.3 Å². The first-order valence-corrected chi connectivity index (χ1v) is 7.44. The van der Waals surface area contributed by atoms with E-state index < -0.39 is 0 Å². The van der Waals surface area contributed by atoms with Gasteiger partial charge in [-0.05, 0) is 36.8 Å². The Kier molecular flexibility index (Phi) is 6.17. The lowest BCUT2D eigenvalue weighted by molar-refractivity contribution is 0.0955. The molecule has 0 atom stereocenters. The second kappa shape index (κ2) is 8.58. The van der Waals surface area contributed by atoms with Gasteiger partial charge < -0.3 is 9.47 Å². The van der Waals surface area contributed by atoms with Crippen LogP contribution in [-0.4, -0.2) is 25.8 Å². The van der Waals surface area contributed by atoms with E-state index in [9.17, 15) is 4.79 Å². The summed E-state index contributed by atoms with van der Waals surface area (Å²) in [6, 6.07) is 14.4. The molecule has 1 N–H and O–H groups in total. The quantitative estimate of drug-likeness (QED) is 0.630. The van der Waals surface area contributed by atoms with E-state index in [0.717, 1.165) is 17.7 Å². The maximum absolute atomic E-state index is 12.0. The van der Waals surface area contributed by atoms with E-state index in [0.29, 0.717) is 17.9 Å². The summed E-state index contributed by atoms with van der Waals surface area (Å²) in [4.78, 5) is 12.0. The van der Waals surface area contributed by atoms with E-state index in [4.69, 9.17) is 9.47 Å². The number of carbonyl (C=O) groups is 1. The highest BCUT2D eigenvalue weighted by atomic mass is 16.5. The molecular formula is C18H20N2O3. The zero-order chi connectivity index (χ0) is 16.5. The zero-order valence-corrected chi connectivity index (χ0v) is 13.3. The lowest BCUT2D eigenvalue weighted by atomic mass is 10.2. The molecule has 5 heteroatoms. The summed E-state index contributed by atoms with van der Waals surface area (Å²) in [5.41, 5.74) is 3.80. The summed E-state index contributed by atoms with van der Waals surface area (Å²) >= 11 is 0. The molecule has 5 nitrogen and oxygen atoms in total. The molecule has 0 fully saturated rings. The van der Waals surface area contributed by atoms with Crippen molar-refractivity contribution in [1.82, 2.24) is 5.43 Å². The Balaban J connectivity index is 2.02. The lowest BCUT2D eigenvalue weighted by Gasteiger charge is -2.07. The molecule has 0 aliphatic heterocycles. The first-order valence-electron chi connectivity index (χ1n) is 7.44. The number of rotatable bonds is 7. The van der Waals surface area contributed by atoms with Crippen LogP contribution in [0.2, 0.25) is 0 Å². The molecule has 2 aromatic rings. The van der Waals surface area contributed by atoms with Crippen molar-refractivity contribution in [3.63, 3.8) is 0 Å². The molecule has 1 amide bonds. The molecule has 0 bridgehead atoms. The number of carbonyl (C=O) groups excluding carboxylic acids is 1. The average molecular weight is 312 g/mol. The maximum atomic E-state index is 12.0. The summed E-state index contributed by atoms with van der Waals surface area (Å²) in [5.74, 6) is 1.07. The summed E-state index contributed by atoms with van der Waals surface area (Å²) in [6.07, 6.45) is 2.50. The largest absolute Gasteiger partial charge is 0.497 e. The third-order valence-corrected chi connectivity index (χ3v) is 3.08. The predicted octanol–water partition coefficient (Wildman–Crippen LogP) is 3.25. The second-order valence-corrected chi connectivity index (χ2v) is 4.82. The molecule has 0 unspecified atom stereocenters. The minimum Gasteiger partial charge on any atom is -0.497 e. The lowest BCUT2D eigenvalue weighted by Crippen LogP contribution is -2.17. The van der Waals surface area contributed by atoms with E-state index in [2.05, 4.69) is 10.5 Å². The second-order valence-electron chi connectivity index (χ2n) is 4.82. The SMILES string of the molecule is CCCOc1ccccc1/C=N/NC(=O)c1cccc(OC)c1. The van der Waals surface area contributed by atoms with Crippen molar-refractivity contribution in [3.05, 3.63) is 59.7 Å². The Morgan fingerprint density at radius 1 is 1.22 bits per heavy atom. The predicted molar refractivity (Wildman–Crippen MR) is 90.3 cm³/mol. The maximum Gasteiger partial charge on any atom is 0.271 e. The Labute approximate surface area is 135 Å². The van der Waals surface area contributed by atoms with E-state index in [1.807, 2.05) is 31.2 Å². The smallest absolute Gasteiger partial charge is 0.271 e. The van der Waals surface area contributed by atoms with Gasteiger partial charge in [-0.1, -0.05) is 25.1 Å². The van der Waals surface area contributed by atoms with Crippen LogP contribution in [0.3, 0.4) is 0 Å². The number of amides is 1. The van der Waals surface area contributed by atoms with Gasteiger partial charge in [-0.15, -0.1) is 0 Å². The molecule has 2 aromatic carbocycles. The van der Waals surface area contributed by atoms with Crippen molar-refractivity contribution >= 4 is 12.1 Å². The van der Waals surface area contributed by atoms with Crippen LogP contribution < -0.4 is 14.9 Å². The van der Waals surface area contributed by atoms with Gasteiger partial charge >= 0.3 is 0 Å². The summed E-state index contributed by atoms with van der Waals surface area (Å²) < 4.78 is 10.7. The number of nitrogens with zero attached hydrogens (tertiary/aromatic N) is 1. The van der Waals surface area contributed by atoms with Gasteiger partial charge in [0.15, 0.2) is 0 Å². The molecule has 0 aliphatic rings. The van der Waals surface area contributed by atoms with Crippen LogP contribution in [0.1, 0.15) is 29.3 Å². The number of methoxy groups -OCH3 is 1. The van der Waals surface area contributed by atoms with Crippen LogP contribution in [0.25, 0.3) is 0 Å². The average Bonchev–Trinajstić information content (AvgIpc) is 2.60. The van der Waals surface area contributed by atoms with Gasteiger partial charge in [0, 0.05) is 11.1 Å². The highest BCUT2D eigenvalue weighted by Crippen LogP contribution is 2.16. The van der Waals surface area contributed by atoms with Crippen LogP contribution in [0.4, 0.5) is 0 Å².